The Morgan fingerprint density at radius 2 is 1.63 bits per heavy atom. The molecule has 0 heterocycles. The fraction of sp³-hybridized carbons (Fsp3) is 0.440. The Balaban J connectivity index is 1.50. The van der Waals surface area contributed by atoms with E-state index in [0.717, 1.165) is 17.5 Å². The van der Waals surface area contributed by atoms with Gasteiger partial charge >= 0.3 is 12.1 Å². The van der Waals surface area contributed by atoms with Gasteiger partial charge < -0.3 is 15.2 Å². The van der Waals surface area contributed by atoms with E-state index < -0.39 is 17.6 Å². The number of carboxylic acids is 1. The first-order chi connectivity index (χ1) is 14.3. The van der Waals surface area contributed by atoms with Crippen molar-refractivity contribution in [3.63, 3.8) is 0 Å². The summed E-state index contributed by atoms with van der Waals surface area (Å²) < 4.78 is 5.68. The highest BCUT2D eigenvalue weighted by Gasteiger charge is 2.58. The van der Waals surface area contributed by atoms with Crippen molar-refractivity contribution in [3.8, 4) is 11.1 Å². The maximum absolute atomic E-state index is 12.8. The number of amides is 1. The van der Waals surface area contributed by atoms with Gasteiger partial charge in [0.1, 0.15) is 6.61 Å². The van der Waals surface area contributed by atoms with Gasteiger partial charge in [-0.25, -0.2) is 4.79 Å². The van der Waals surface area contributed by atoms with Gasteiger partial charge in [-0.1, -0.05) is 69.3 Å². The van der Waals surface area contributed by atoms with Crippen molar-refractivity contribution in [1.29, 1.82) is 0 Å². The van der Waals surface area contributed by atoms with Crippen LogP contribution < -0.4 is 5.32 Å². The molecule has 2 aromatic carbocycles. The topological polar surface area (TPSA) is 75.6 Å². The normalized spacial score (nSPS) is 20.6. The fourth-order valence-corrected chi connectivity index (χ4v) is 5.23. The van der Waals surface area contributed by atoms with Gasteiger partial charge in [0, 0.05) is 5.92 Å². The highest BCUT2D eigenvalue weighted by Crippen LogP contribution is 2.59. The van der Waals surface area contributed by atoms with Crippen LogP contribution in [0.25, 0.3) is 11.1 Å². The largest absolute Gasteiger partial charge is 0.481 e. The highest BCUT2D eigenvalue weighted by molar-refractivity contribution is 5.79. The summed E-state index contributed by atoms with van der Waals surface area (Å²) >= 11 is 0. The van der Waals surface area contributed by atoms with Crippen LogP contribution in [0.3, 0.4) is 0 Å². The van der Waals surface area contributed by atoms with Gasteiger partial charge in [0.25, 0.3) is 0 Å². The molecule has 0 bridgehead atoms. The first-order valence-electron chi connectivity index (χ1n) is 10.6. The van der Waals surface area contributed by atoms with Gasteiger partial charge in [-0.3, -0.25) is 4.79 Å². The second-order valence-electron chi connectivity index (χ2n) is 9.28. The number of ether oxygens (including phenoxy) is 1. The molecule has 2 aliphatic carbocycles. The number of carbonyl (C=O) groups excluding carboxylic acids is 1. The predicted octanol–water partition coefficient (Wildman–Crippen LogP) is 5.19. The van der Waals surface area contributed by atoms with Gasteiger partial charge in [0.05, 0.1) is 12.0 Å². The summed E-state index contributed by atoms with van der Waals surface area (Å²) in [4.78, 5) is 24.3. The first kappa shape index (κ1) is 20.5. The molecule has 2 aliphatic rings. The summed E-state index contributed by atoms with van der Waals surface area (Å²) in [5, 5.41) is 12.4. The average molecular weight is 408 g/mol. The van der Waals surface area contributed by atoms with E-state index in [1.54, 1.807) is 0 Å². The zero-order chi connectivity index (χ0) is 21.5. The molecule has 0 saturated heterocycles. The molecule has 2 aromatic rings. The molecule has 0 aliphatic heterocycles. The molecule has 5 nitrogen and oxygen atoms in total. The molecular weight excluding hydrogens is 378 g/mol. The Labute approximate surface area is 177 Å². The number of rotatable bonds is 7. The third kappa shape index (κ3) is 3.57. The number of carbonyl (C=O) groups is 2. The molecule has 1 saturated carbocycles. The van der Waals surface area contributed by atoms with E-state index in [1.165, 1.54) is 11.1 Å². The maximum Gasteiger partial charge on any atom is 0.407 e. The number of aliphatic carboxylic acids is 1. The van der Waals surface area contributed by atoms with Crippen molar-refractivity contribution in [2.75, 3.05) is 6.61 Å². The Kier molecular flexibility index (Phi) is 5.08. The standard InChI is InChI=1S/C25H29NO4/c1-4-25(14-22(27)28,21-13-24(21,2)3)26-23(29)30-15-20-18-11-7-5-9-16(18)17-10-6-8-12-19(17)20/h5-12,20-21H,4,13-15H2,1-3H3,(H,26,29)(H,27,28). The van der Waals surface area contributed by atoms with Crippen LogP contribution in [0, 0.1) is 11.3 Å². The number of fused-ring (bicyclic) bond motifs is 3. The Bertz CT molecular complexity index is 937. The minimum atomic E-state index is -0.904. The van der Waals surface area contributed by atoms with Crippen LogP contribution in [0.2, 0.25) is 0 Å². The monoisotopic (exact) mass is 407 g/mol. The smallest absolute Gasteiger partial charge is 0.407 e. The number of hydrogen-bond acceptors (Lipinski definition) is 3. The minimum absolute atomic E-state index is 0.0176. The quantitative estimate of drug-likeness (QED) is 0.662. The van der Waals surface area contributed by atoms with Gasteiger partial charge in [-0.2, -0.15) is 0 Å². The lowest BCUT2D eigenvalue weighted by molar-refractivity contribution is -0.139. The first-order valence-corrected chi connectivity index (χ1v) is 10.6. The third-order valence-corrected chi connectivity index (χ3v) is 6.97. The second kappa shape index (κ2) is 7.46. The van der Waals surface area contributed by atoms with Crippen molar-refractivity contribution in [2.24, 2.45) is 11.3 Å². The molecular formula is C25H29NO4. The fourth-order valence-electron chi connectivity index (χ4n) is 5.23. The van der Waals surface area contributed by atoms with E-state index in [2.05, 4.69) is 43.4 Å². The lowest BCUT2D eigenvalue weighted by Gasteiger charge is -2.34. The summed E-state index contributed by atoms with van der Waals surface area (Å²) in [7, 11) is 0. The van der Waals surface area contributed by atoms with Crippen LogP contribution in [-0.2, 0) is 9.53 Å². The van der Waals surface area contributed by atoms with Crippen LogP contribution in [-0.4, -0.2) is 29.3 Å². The number of benzene rings is 2. The average Bonchev–Trinajstić information content (AvgIpc) is 3.25. The Morgan fingerprint density at radius 1 is 1.10 bits per heavy atom. The van der Waals surface area contributed by atoms with E-state index in [0.29, 0.717) is 6.42 Å². The van der Waals surface area contributed by atoms with Crippen molar-refractivity contribution < 1.29 is 19.4 Å². The minimum Gasteiger partial charge on any atom is -0.481 e. The highest BCUT2D eigenvalue weighted by atomic mass is 16.5. The van der Waals surface area contributed by atoms with Gasteiger partial charge in [-0.05, 0) is 46.4 Å². The van der Waals surface area contributed by atoms with Crippen LogP contribution in [0.5, 0.6) is 0 Å². The van der Waals surface area contributed by atoms with E-state index in [1.807, 2.05) is 31.2 Å². The molecule has 0 aromatic heterocycles. The van der Waals surface area contributed by atoms with Crippen LogP contribution >= 0.6 is 0 Å². The Morgan fingerprint density at radius 3 is 2.10 bits per heavy atom. The van der Waals surface area contributed by atoms with E-state index in [4.69, 9.17) is 4.74 Å². The third-order valence-electron chi connectivity index (χ3n) is 6.97. The summed E-state index contributed by atoms with van der Waals surface area (Å²) in [6, 6.07) is 16.4. The molecule has 0 spiro atoms. The van der Waals surface area contributed by atoms with Crippen molar-refractivity contribution in [1.82, 2.24) is 5.32 Å². The molecule has 2 atom stereocenters. The SMILES string of the molecule is CCC(CC(=O)O)(NC(=O)OCC1c2ccccc2-c2ccccc21)C1CC1(C)C. The van der Waals surface area contributed by atoms with Crippen LogP contribution in [0.15, 0.2) is 48.5 Å². The number of alkyl carbamates (subject to hydrolysis) is 1. The van der Waals surface area contributed by atoms with E-state index >= 15 is 0 Å². The summed E-state index contributed by atoms with van der Waals surface area (Å²) in [6.45, 7) is 6.38. The van der Waals surface area contributed by atoms with Gasteiger partial charge in [-0.15, -0.1) is 0 Å². The maximum atomic E-state index is 12.8. The van der Waals surface area contributed by atoms with Gasteiger partial charge in [0.2, 0.25) is 0 Å². The number of carboxylic acid groups (broad SMARTS) is 1. The number of nitrogens with one attached hydrogen (secondary N) is 1. The van der Waals surface area contributed by atoms with Crippen LogP contribution in [0.1, 0.15) is 57.1 Å². The molecule has 4 rings (SSSR count). The van der Waals surface area contributed by atoms with Crippen molar-refractivity contribution >= 4 is 12.1 Å². The molecule has 5 heteroatoms. The molecule has 2 N–H and O–H groups in total. The second-order valence-corrected chi connectivity index (χ2v) is 9.28. The lowest BCUT2D eigenvalue weighted by Crippen LogP contribution is -2.52. The Hall–Kier alpha value is -2.82. The summed E-state index contributed by atoms with van der Waals surface area (Å²) in [6.07, 6.45) is 0.819. The summed E-state index contributed by atoms with van der Waals surface area (Å²) in [5.41, 5.74) is 3.91. The van der Waals surface area contributed by atoms with E-state index in [9.17, 15) is 14.7 Å². The molecule has 1 fully saturated rings. The molecule has 158 valence electrons. The lowest BCUT2D eigenvalue weighted by atomic mass is 9.83. The van der Waals surface area contributed by atoms with E-state index in [-0.39, 0.29) is 30.3 Å². The number of hydrogen-bond donors (Lipinski definition) is 2. The van der Waals surface area contributed by atoms with Crippen LogP contribution in [0.4, 0.5) is 4.79 Å². The van der Waals surface area contributed by atoms with Crippen molar-refractivity contribution in [2.45, 2.75) is 51.5 Å². The zero-order valence-corrected chi connectivity index (χ0v) is 17.8. The molecule has 2 unspecified atom stereocenters. The molecule has 0 radical (unpaired) electrons. The molecule has 1 amide bonds. The summed E-state index contributed by atoms with van der Waals surface area (Å²) in [5.74, 6) is -0.791. The predicted molar refractivity (Wildman–Crippen MR) is 115 cm³/mol. The van der Waals surface area contributed by atoms with Crippen molar-refractivity contribution in [3.05, 3.63) is 59.7 Å². The molecule has 30 heavy (non-hydrogen) atoms. The van der Waals surface area contributed by atoms with Gasteiger partial charge in [0.15, 0.2) is 0 Å². The zero-order valence-electron chi connectivity index (χ0n) is 17.8.